The highest BCUT2D eigenvalue weighted by Gasteiger charge is 2.18. The third kappa shape index (κ3) is 3.27. The highest BCUT2D eigenvalue weighted by atomic mass is 16.7. The maximum absolute atomic E-state index is 12.2. The number of benzene rings is 2. The van der Waals surface area contributed by atoms with Crippen LogP contribution in [0.25, 0.3) is 5.69 Å². The highest BCUT2D eigenvalue weighted by molar-refractivity contribution is 5.99. The molecule has 1 aliphatic rings. The van der Waals surface area contributed by atoms with Crippen molar-refractivity contribution in [1.82, 2.24) is 9.55 Å². The van der Waals surface area contributed by atoms with Crippen molar-refractivity contribution in [2.24, 2.45) is 0 Å². The van der Waals surface area contributed by atoms with E-state index in [4.69, 9.17) is 14.2 Å². The Bertz CT molecular complexity index is 1110. The summed E-state index contributed by atoms with van der Waals surface area (Å²) in [5.74, 6) is 0.0880. The van der Waals surface area contributed by atoms with E-state index in [0.717, 1.165) is 5.69 Å². The van der Waals surface area contributed by atoms with Crippen LogP contribution >= 0.6 is 0 Å². The molecule has 0 saturated heterocycles. The molecule has 142 valence electrons. The molecule has 1 aromatic heterocycles. The number of carbonyl (C=O) groups is 2. The maximum Gasteiger partial charge on any atom is 0.338 e. The normalized spacial score (nSPS) is 12.0. The van der Waals surface area contributed by atoms with E-state index in [0.29, 0.717) is 22.7 Å². The van der Waals surface area contributed by atoms with Crippen LogP contribution in [0.5, 0.6) is 11.5 Å². The van der Waals surface area contributed by atoms with Crippen LogP contribution in [-0.4, -0.2) is 34.7 Å². The Hall–Kier alpha value is -3.81. The van der Waals surface area contributed by atoms with Crippen molar-refractivity contribution in [3.05, 3.63) is 76.0 Å². The van der Waals surface area contributed by atoms with Crippen LogP contribution in [0.1, 0.15) is 26.4 Å². The lowest BCUT2D eigenvalue weighted by molar-refractivity contribution is 0.0474. The largest absolute Gasteiger partial charge is 0.454 e. The Balaban J connectivity index is 1.41. The predicted molar refractivity (Wildman–Crippen MR) is 98.3 cm³/mol. The smallest absolute Gasteiger partial charge is 0.338 e. The predicted octanol–water partition coefficient (Wildman–Crippen LogP) is 2.24. The molecule has 8 nitrogen and oxygen atoms in total. The molecule has 0 fully saturated rings. The number of rotatable bonds is 5. The number of imidazole rings is 1. The Kier molecular flexibility index (Phi) is 4.44. The number of fused-ring (bicyclic) bond motifs is 1. The Morgan fingerprint density at radius 3 is 2.50 bits per heavy atom. The van der Waals surface area contributed by atoms with Gasteiger partial charge in [0.2, 0.25) is 6.79 Å². The molecule has 0 atom stereocenters. The van der Waals surface area contributed by atoms with Gasteiger partial charge >= 0.3 is 11.7 Å². The summed E-state index contributed by atoms with van der Waals surface area (Å²) in [6.07, 6.45) is 1.60. The molecular formula is C20H16N2O6. The zero-order chi connectivity index (χ0) is 19.7. The minimum atomic E-state index is -0.626. The van der Waals surface area contributed by atoms with Crippen molar-refractivity contribution in [3.8, 4) is 17.2 Å². The van der Waals surface area contributed by atoms with E-state index in [1.165, 1.54) is 4.57 Å². The van der Waals surface area contributed by atoms with Gasteiger partial charge < -0.3 is 19.2 Å². The molecular weight excluding hydrogens is 364 g/mol. The molecule has 1 N–H and O–H groups in total. The van der Waals surface area contributed by atoms with E-state index >= 15 is 0 Å². The summed E-state index contributed by atoms with van der Waals surface area (Å²) < 4.78 is 17.0. The van der Waals surface area contributed by atoms with Crippen molar-refractivity contribution >= 4 is 11.8 Å². The molecule has 0 aliphatic carbocycles. The average molecular weight is 380 g/mol. The van der Waals surface area contributed by atoms with E-state index in [1.807, 2.05) is 0 Å². The van der Waals surface area contributed by atoms with Crippen LogP contribution in [0.15, 0.2) is 53.5 Å². The van der Waals surface area contributed by atoms with Crippen LogP contribution in [0.3, 0.4) is 0 Å². The number of aryl methyl sites for hydroxylation is 1. The number of esters is 1. The fourth-order valence-corrected chi connectivity index (χ4v) is 2.89. The van der Waals surface area contributed by atoms with Crippen LogP contribution in [0.2, 0.25) is 0 Å². The number of ether oxygens (including phenoxy) is 3. The van der Waals surface area contributed by atoms with Crippen LogP contribution in [-0.2, 0) is 4.74 Å². The molecule has 0 saturated carbocycles. The van der Waals surface area contributed by atoms with Gasteiger partial charge in [-0.25, -0.2) is 9.59 Å². The lowest BCUT2D eigenvalue weighted by atomic mass is 10.1. The van der Waals surface area contributed by atoms with Gasteiger partial charge in [0.1, 0.15) is 0 Å². The molecule has 1 aliphatic heterocycles. The van der Waals surface area contributed by atoms with Gasteiger partial charge in [-0.15, -0.1) is 0 Å². The third-order valence-corrected chi connectivity index (χ3v) is 4.35. The highest BCUT2D eigenvalue weighted by Crippen LogP contribution is 2.32. The number of carbonyl (C=O) groups excluding carboxylic acids is 2. The average Bonchev–Trinajstić information content (AvgIpc) is 3.31. The number of hydrogen-bond donors (Lipinski definition) is 1. The van der Waals surface area contributed by atoms with Gasteiger partial charge in [0.05, 0.1) is 11.3 Å². The number of H-pyrrole nitrogens is 1. The quantitative estimate of drug-likeness (QED) is 0.538. The van der Waals surface area contributed by atoms with Crippen LogP contribution < -0.4 is 15.2 Å². The van der Waals surface area contributed by atoms with Crippen molar-refractivity contribution in [2.75, 3.05) is 13.4 Å². The van der Waals surface area contributed by atoms with E-state index in [1.54, 1.807) is 55.6 Å². The maximum atomic E-state index is 12.2. The van der Waals surface area contributed by atoms with Gasteiger partial charge in [0.25, 0.3) is 0 Å². The first-order valence-electron chi connectivity index (χ1n) is 8.50. The van der Waals surface area contributed by atoms with Crippen molar-refractivity contribution < 1.29 is 23.8 Å². The molecule has 8 heteroatoms. The van der Waals surface area contributed by atoms with Gasteiger partial charge in [-0.1, -0.05) is 0 Å². The Labute approximate surface area is 159 Å². The molecule has 0 radical (unpaired) electrons. The summed E-state index contributed by atoms with van der Waals surface area (Å²) in [5.41, 5.74) is 1.76. The van der Waals surface area contributed by atoms with Crippen LogP contribution in [0, 0.1) is 6.92 Å². The van der Waals surface area contributed by atoms with Gasteiger partial charge in [-0.05, 0) is 49.4 Å². The third-order valence-electron chi connectivity index (χ3n) is 4.35. The van der Waals surface area contributed by atoms with Gasteiger partial charge in [0.15, 0.2) is 23.9 Å². The van der Waals surface area contributed by atoms with Gasteiger partial charge in [-0.2, -0.15) is 0 Å². The summed E-state index contributed by atoms with van der Waals surface area (Å²) in [4.78, 5) is 38.9. The van der Waals surface area contributed by atoms with Crippen molar-refractivity contribution in [3.63, 3.8) is 0 Å². The minimum absolute atomic E-state index is 0.117. The number of ketones is 1. The summed E-state index contributed by atoms with van der Waals surface area (Å²) in [7, 11) is 0. The zero-order valence-corrected chi connectivity index (χ0v) is 14.9. The summed E-state index contributed by atoms with van der Waals surface area (Å²) in [6, 6.07) is 11.2. The lowest BCUT2D eigenvalue weighted by Gasteiger charge is -2.07. The number of aromatic nitrogens is 2. The molecule has 0 unspecified atom stereocenters. The summed E-state index contributed by atoms with van der Waals surface area (Å²) >= 11 is 0. The first-order valence-corrected chi connectivity index (χ1v) is 8.50. The fourth-order valence-electron chi connectivity index (χ4n) is 2.89. The fraction of sp³-hybridized carbons (Fsp3) is 0.150. The number of hydrogen-bond acceptors (Lipinski definition) is 6. The lowest BCUT2D eigenvalue weighted by Crippen LogP contribution is -2.16. The Morgan fingerprint density at radius 1 is 1.07 bits per heavy atom. The molecule has 2 aromatic carbocycles. The molecule has 2 heterocycles. The van der Waals surface area contributed by atoms with E-state index in [-0.39, 0.29) is 23.8 Å². The van der Waals surface area contributed by atoms with Crippen molar-refractivity contribution in [2.45, 2.75) is 6.92 Å². The molecule has 3 aromatic rings. The number of nitrogens with one attached hydrogen (secondary N) is 1. The Morgan fingerprint density at radius 2 is 1.79 bits per heavy atom. The molecule has 0 amide bonds. The first kappa shape index (κ1) is 17.6. The number of Topliss-reactive ketones (excluding diaryl/α,β-unsaturated/α-hetero) is 1. The van der Waals surface area contributed by atoms with E-state index in [2.05, 4.69) is 4.98 Å². The van der Waals surface area contributed by atoms with Crippen molar-refractivity contribution in [1.29, 1.82) is 0 Å². The second kappa shape index (κ2) is 7.07. The first-order chi connectivity index (χ1) is 13.5. The molecule has 0 spiro atoms. The van der Waals surface area contributed by atoms with Gasteiger partial charge in [0, 0.05) is 17.5 Å². The number of nitrogens with zero attached hydrogens (tertiary/aromatic N) is 1. The van der Waals surface area contributed by atoms with E-state index in [9.17, 15) is 14.4 Å². The molecule has 4 rings (SSSR count). The minimum Gasteiger partial charge on any atom is -0.454 e. The molecule has 0 bridgehead atoms. The summed E-state index contributed by atoms with van der Waals surface area (Å²) in [5, 5.41) is 0. The second-order valence-electron chi connectivity index (χ2n) is 6.18. The molecule has 28 heavy (non-hydrogen) atoms. The van der Waals surface area contributed by atoms with E-state index < -0.39 is 12.6 Å². The van der Waals surface area contributed by atoms with Crippen LogP contribution in [0.4, 0.5) is 0 Å². The van der Waals surface area contributed by atoms with Gasteiger partial charge in [-0.3, -0.25) is 9.36 Å². The monoisotopic (exact) mass is 380 g/mol. The zero-order valence-electron chi connectivity index (χ0n) is 14.9. The second-order valence-corrected chi connectivity index (χ2v) is 6.18. The SMILES string of the molecule is Cc1c[nH]c(=O)n1-c1ccc(C(=O)OCC(=O)c2ccc3c(c2)OCO3)cc1. The topological polar surface area (TPSA) is 99.6 Å². The summed E-state index contributed by atoms with van der Waals surface area (Å²) in [6.45, 7) is 1.52. The number of aromatic amines is 1. The standard InChI is InChI=1S/C20H16N2O6/c1-12-9-21-20(25)22(12)15-5-2-13(3-6-15)19(24)26-10-16(23)14-4-7-17-18(8-14)28-11-27-17/h2-9H,10-11H2,1H3,(H,21,25).